The lowest BCUT2D eigenvalue weighted by Crippen LogP contribution is -2.32. The van der Waals surface area contributed by atoms with Crippen molar-refractivity contribution >= 4 is 5.95 Å². The highest BCUT2D eigenvalue weighted by molar-refractivity contribution is 5.28. The molecule has 0 saturated carbocycles. The standard InChI is InChI=1S/C12H19F3N4/c1-9(2)4-16-5-10-6-17-11(18-7-10)19(3)8-12(13,14)15/h6-7,9,16H,4-5,8H2,1-3H3. The molecular weight excluding hydrogens is 257 g/mol. The zero-order valence-electron chi connectivity index (χ0n) is 11.3. The Kier molecular flexibility index (Phi) is 5.53. The summed E-state index contributed by atoms with van der Waals surface area (Å²) in [5.74, 6) is 0.614. The van der Waals surface area contributed by atoms with Crippen LogP contribution in [0.3, 0.4) is 0 Å². The minimum Gasteiger partial charge on any atom is -0.335 e. The topological polar surface area (TPSA) is 41.1 Å². The van der Waals surface area contributed by atoms with E-state index in [9.17, 15) is 13.2 Å². The van der Waals surface area contributed by atoms with Gasteiger partial charge < -0.3 is 10.2 Å². The molecule has 0 aliphatic rings. The molecule has 0 aliphatic heterocycles. The van der Waals surface area contributed by atoms with Gasteiger partial charge in [-0.2, -0.15) is 13.2 Å². The molecule has 0 aromatic carbocycles. The molecule has 0 atom stereocenters. The van der Waals surface area contributed by atoms with Crippen LogP contribution in [0.4, 0.5) is 19.1 Å². The van der Waals surface area contributed by atoms with Gasteiger partial charge in [-0.1, -0.05) is 13.8 Å². The van der Waals surface area contributed by atoms with Crippen molar-refractivity contribution in [2.24, 2.45) is 5.92 Å². The summed E-state index contributed by atoms with van der Waals surface area (Å²) in [6.45, 7) is 4.62. The lowest BCUT2D eigenvalue weighted by Gasteiger charge is -2.18. The summed E-state index contributed by atoms with van der Waals surface area (Å²) in [5, 5.41) is 3.21. The first-order chi connectivity index (χ1) is 8.78. The molecule has 1 N–H and O–H groups in total. The van der Waals surface area contributed by atoms with Gasteiger partial charge in [0.05, 0.1) is 0 Å². The van der Waals surface area contributed by atoms with Crippen LogP contribution in [-0.2, 0) is 6.54 Å². The molecule has 0 radical (unpaired) electrons. The van der Waals surface area contributed by atoms with Crippen molar-refractivity contribution in [3.8, 4) is 0 Å². The number of aromatic nitrogens is 2. The van der Waals surface area contributed by atoms with Gasteiger partial charge in [-0.05, 0) is 12.5 Å². The van der Waals surface area contributed by atoms with Crippen molar-refractivity contribution in [1.82, 2.24) is 15.3 Å². The number of halogens is 3. The smallest absolute Gasteiger partial charge is 0.335 e. The van der Waals surface area contributed by atoms with Gasteiger partial charge in [0, 0.05) is 31.5 Å². The van der Waals surface area contributed by atoms with Gasteiger partial charge >= 0.3 is 6.18 Å². The number of alkyl halides is 3. The monoisotopic (exact) mass is 276 g/mol. The third-order valence-corrected chi connectivity index (χ3v) is 2.33. The van der Waals surface area contributed by atoms with E-state index in [2.05, 4.69) is 29.1 Å². The molecule has 1 aromatic rings. The lowest BCUT2D eigenvalue weighted by molar-refractivity contribution is -0.119. The molecule has 0 bridgehead atoms. The Morgan fingerprint density at radius 1 is 1.26 bits per heavy atom. The van der Waals surface area contributed by atoms with E-state index in [1.807, 2.05) is 0 Å². The Labute approximate surface area is 111 Å². The average Bonchev–Trinajstić information content (AvgIpc) is 2.27. The highest BCUT2D eigenvalue weighted by Gasteiger charge is 2.30. The summed E-state index contributed by atoms with van der Waals surface area (Å²) < 4.78 is 36.6. The van der Waals surface area contributed by atoms with E-state index in [1.165, 1.54) is 7.05 Å². The maximum Gasteiger partial charge on any atom is 0.406 e. The molecule has 19 heavy (non-hydrogen) atoms. The zero-order chi connectivity index (χ0) is 14.5. The third-order valence-electron chi connectivity index (χ3n) is 2.33. The second-order valence-electron chi connectivity index (χ2n) is 4.89. The van der Waals surface area contributed by atoms with E-state index < -0.39 is 12.7 Å². The molecule has 0 spiro atoms. The van der Waals surface area contributed by atoms with Gasteiger partial charge in [-0.15, -0.1) is 0 Å². The number of hydrogen-bond donors (Lipinski definition) is 1. The largest absolute Gasteiger partial charge is 0.406 e. The number of nitrogens with one attached hydrogen (secondary N) is 1. The van der Waals surface area contributed by atoms with Gasteiger partial charge in [-0.25, -0.2) is 9.97 Å². The van der Waals surface area contributed by atoms with Crippen molar-refractivity contribution < 1.29 is 13.2 Å². The summed E-state index contributed by atoms with van der Waals surface area (Å²) in [7, 11) is 1.32. The van der Waals surface area contributed by atoms with Crippen LogP contribution in [0.2, 0.25) is 0 Å². The van der Waals surface area contributed by atoms with Crippen LogP contribution < -0.4 is 10.2 Å². The Morgan fingerprint density at radius 2 is 1.84 bits per heavy atom. The van der Waals surface area contributed by atoms with Crippen molar-refractivity contribution in [2.45, 2.75) is 26.6 Å². The third kappa shape index (κ3) is 6.37. The van der Waals surface area contributed by atoms with Gasteiger partial charge in [0.1, 0.15) is 6.54 Å². The molecule has 0 unspecified atom stereocenters. The summed E-state index contributed by atoms with van der Waals surface area (Å²) in [4.78, 5) is 8.85. The van der Waals surface area contributed by atoms with Crippen LogP contribution in [0.25, 0.3) is 0 Å². The van der Waals surface area contributed by atoms with Crippen LogP contribution in [0.15, 0.2) is 12.4 Å². The SMILES string of the molecule is CC(C)CNCc1cnc(N(C)CC(F)(F)F)nc1. The van der Waals surface area contributed by atoms with Crippen LogP contribution >= 0.6 is 0 Å². The second-order valence-corrected chi connectivity index (χ2v) is 4.89. The fourth-order valence-corrected chi connectivity index (χ4v) is 1.48. The number of rotatable bonds is 6. The first-order valence-electron chi connectivity index (χ1n) is 6.07. The Morgan fingerprint density at radius 3 is 2.32 bits per heavy atom. The predicted molar refractivity (Wildman–Crippen MR) is 67.9 cm³/mol. The Balaban J connectivity index is 2.51. The molecule has 1 heterocycles. The molecule has 1 rings (SSSR count). The van der Waals surface area contributed by atoms with Crippen LogP contribution in [-0.4, -0.2) is 36.3 Å². The van der Waals surface area contributed by atoms with Crippen molar-refractivity contribution in [1.29, 1.82) is 0 Å². The minimum atomic E-state index is -4.25. The molecule has 0 aliphatic carbocycles. The van der Waals surface area contributed by atoms with Gasteiger partial charge in [0.25, 0.3) is 0 Å². The van der Waals surface area contributed by atoms with Crippen LogP contribution in [0.1, 0.15) is 19.4 Å². The van der Waals surface area contributed by atoms with Gasteiger partial charge in [0.2, 0.25) is 5.95 Å². The van der Waals surface area contributed by atoms with Gasteiger partial charge in [0.15, 0.2) is 0 Å². The fourth-order valence-electron chi connectivity index (χ4n) is 1.48. The van der Waals surface area contributed by atoms with E-state index in [1.54, 1.807) is 12.4 Å². The normalized spacial score (nSPS) is 11.9. The summed E-state index contributed by atoms with van der Waals surface area (Å²) >= 11 is 0. The first-order valence-corrected chi connectivity index (χ1v) is 6.07. The van der Waals surface area contributed by atoms with E-state index in [0.29, 0.717) is 12.5 Å². The first kappa shape index (κ1) is 15.7. The van der Waals surface area contributed by atoms with Crippen molar-refractivity contribution in [2.75, 3.05) is 25.0 Å². The Bertz CT molecular complexity index is 376. The van der Waals surface area contributed by atoms with Crippen molar-refractivity contribution in [3.63, 3.8) is 0 Å². The molecular formula is C12H19F3N4. The maximum absolute atomic E-state index is 12.2. The van der Waals surface area contributed by atoms with E-state index in [4.69, 9.17) is 0 Å². The predicted octanol–water partition coefficient (Wildman–Crippen LogP) is 2.22. The highest BCUT2D eigenvalue weighted by atomic mass is 19.4. The zero-order valence-corrected chi connectivity index (χ0v) is 11.3. The summed E-state index contributed by atoms with van der Waals surface area (Å²) in [6.07, 6.45) is -1.17. The number of hydrogen-bond acceptors (Lipinski definition) is 4. The van der Waals surface area contributed by atoms with E-state index in [-0.39, 0.29) is 5.95 Å². The molecule has 0 fully saturated rings. The molecule has 4 nitrogen and oxygen atoms in total. The molecule has 1 aromatic heterocycles. The van der Waals surface area contributed by atoms with E-state index in [0.717, 1.165) is 17.0 Å². The highest BCUT2D eigenvalue weighted by Crippen LogP contribution is 2.17. The van der Waals surface area contributed by atoms with Crippen LogP contribution in [0.5, 0.6) is 0 Å². The summed E-state index contributed by atoms with van der Waals surface area (Å²) in [5.41, 5.74) is 0.852. The van der Waals surface area contributed by atoms with Crippen LogP contribution in [0, 0.1) is 5.92 Å². The molecule has 0 saturated heterocycles. The molecule has 7 heteroatoms. The summed E-state index contributed by atoms with van der Waals surface area (Å²) in [6, 6.07) is 0. The van der Waals surface area contributed by atoms with Crippen molar-refractivity contribution in [3.05, 3.63) is 18.0 Å². The fraction of sp³-hybridized carbons (Fsp3) is 0.667. The van der Waals surface area contributed by atoms with Gasteiger partial charge in [-0.3, -0.25) is 0 Å². The second kappa shape index (κ2) is 6.70. The Hall–Kier alpha value is -1.37. The number of nitrogens with zero attached hydrogens (tertiary/aromatic N) is 3. The number of anilines is 1. The minimum absolute atomic E-state index is 0.0740. The maximum atomic E-state index is 12.2. The molecule has 108 valence electrons. The average molecular weight is 276 g/mol. The van der Waals surface area contributed by atoms with E-state index >= 15 is 0 Å². The quantitative estimate of drug-likeness (QED) is 0.865. The molecule has 0 amide bonds. The lowest BCUT2D eigenvalue weighted by atomic mass is 10.2.